The molecule has 0 unspecified atom stereocenters. The topological polar surface area (TPSA) is 87.0 Å². The monoisotopic (exact) mass is 371 g/mol. The number of rotatable bonds is 3. The highest BCUT2D eigenvalue weighted by atomic mass is 15.3. The third kappa shape index (κ3) is 2.90. The molecule has 0 saturated carbocycles. The van der Waals surface area contributed by atoms with Gasteiger partial charge in [-0.15, -0.1) is 0 Å². The fraction of sp³-hybridized carbons (Fsp3) is 0.190. The summed E-state index contributed by atoms with van der Waals surface area (Å²) in [5, 5.41) is 1.08. The van der Waals surface area contributed by atoms with Crippen LogP contribution in [-0.4, -0.2) is 46.1 Å². The minimum Gasteiger partial charge on any atom is -0.368 e. The van der Waals surface area contributed by atoms with E-state index < -0.39 is 0 Å². The number of benzene rings is 1. The van der Waals surface area contributed by atoms with Crippen LogP contribution < -0.4 is 15.5 Å². The van der Waals surface area contributed by atoms with Crippen LogP contribution in [0.3, 0.4) is 0 Å². The number of nitrogen functional groups attached to an aromatic ring is 1. The van der Waals surface area contributed by atoms with Gasteiger partial charge in [-0.25, -0.2) is 15.0 Å². The minimum absolute atomic E-state index is 0.272. The number of nitrogens with zero attached hydrogens (tertiary/aromatic N) is 5. The lowest BCUT2D eigenvalue weighted by Crippen LogP contribution is -2.46. The lowest BCUT2D eigenvalue weighted by atomic mass is 10.1. The molecule has 0 radical (unpaired) electrons. The quantitative estimate of drug-likeness (QED) is 0.576. The fourth-order valence-corrected chi connectivity index (χ4v) is 3.87. The van der Waals surface area contributed by atoms with Crippen molar-refractivity contribution in [3.8, 4) is 11.3 Å². The second-order valence-corrected chi connectivity index (χ2v) is 6.87. The summed E-state index contributed by atoms with van der Waals surface area (Å²) in [6, 6.07) is 14.5. The molecule has 28 heavy (non-hydrogen) atoms. The van der Waals surface area contributed by atoms with E-state index in [0.29, 0.717) is 0 Å². The van der Waals surface area contributed by atoms with Gasteiger partial charge in [0.25, 0.3) is 0 Å². The first-order valence-corrected chi connectivity index (χ1v) is 9.39. The number of pyridine rings is 1. The second kappa shape index (κ2) is 6.84. The van der Waals surface area contributed by atoms with Crippen molar-refractivity contribution in [2.45, 2.75) is 0 Å². The minimum atomic E-state index is 0.272. The van der Waals surface area contributed by atoms with Crippen molar-refractivity contribution in [3.05, 3.63) is 61.1 Å². The Bertz CT molecular complexity index is 1100. The highest BCUT2D eigenvalue weighted by Crippen LogP contribution is 2.34. The van der Waals surface area contributed by atoms with E-state index in [0.717, 1.165) is 48.5 Å². The molecule has 4 heterocycles. The smallest absolute Gasteiger partial charge is 0.220 e. The molecule has 0 atom stereocenters. The highest BCUT2D eigenvalue weighted by molar-refractivity contribution is 6.02. The second-order valence-electron chi connectivity index (χ2n) is 6.87. The molecule has 0 amide bonds. The maximum atomic E-state index is 5.80. The van der Waals surface area contributed by atoms with Crippen LogP contribution in [0.25, 0.3) is 22.3 Å². The van der Waals surface area contributed by atoms with Gasteiger partial charge >= 0.3 is 0 Å². The molecule has 1 aliphatic rings. The molecule has 7 nitrogen and oxygen atoms in total. The average molecular weight is 371 g/mol. The van der Waals surface area contributed by atoms with E-state index in [4.69, 9.17) is 5.73 Å². The third-order valence-electron chi connectivity index (χ3n) is 5.24. The van der Waals surface area contributed by atoms with Crippen LogP contribution in [-0.2, 0) is 0 Å². The van der Waals surface area contributed by atoms with E-state index in [1.165, 1.54) is 11.4 Å². The number of nitrogens with two attached hydrogens (primary N) is 1. The Balaban J connectivity index is 1.48. The number of anilines is 3. The molecule has 0 spiro atoms. The van der Waals surface area contributed by atoms with Crippen LogP contribution in [0.2, 0.25) is 0 Å². The molecule has 3 N–H and O–H groups in total. The van der Waals surface area contributed by atoms with E-state index in [1.807, 2.05) is 18.5 Å². The summed E-state index contributed by atoms with van der Waals surface area (Å²) < 4.78 is 0. The summed E-state index contributed by atoms with van der Waals surface area (Å²) in [7, 11) is 0. The first-order chi connectivity index (χ1) is 13.8. The van der Waals surface area contributed by atoms with Gasteiger partial charge in [0.15, 0.2) is 0 Å². The van der Waals surface area contributed by atoms with Crippen molar-refractivity contribution in [1.82, 2.24) is 19.9 Å². The third-order valence-corrected chi connectivity index (χ3v) is 5.24. The summed E-state index contributed by atoms with van der Waals surface area (Å²) in [5.41, 5.74) is 10.9. The molecule has 1 aliphatic heterocycles. The van der Waals surface area contributed by atoms with E-state index in [-0.39, 0.29) is 5.95 Å². The molecule has 0 aliphatic carbocycles. The lowest BCUT2D eigenvalue weighted by Gasteiger charge is -2.37. The molecule has 140 valence electrons. The van der Waals surface area contributed by atoms with Crippen LogP contribution in [0.4, 0.5) is 17.3 Å². The first-order valence-electron chi connectivity index (χ1n) is 9.39. The number of para-hydroxylation sites is 1. The molecular formula is C21H21N7. The Hall–Kier alpha value is -3.61. The van der Waals surface area contributed by atoms with Gasteiger partial charge in [-0.3, -0.25) is 0 Å². The van der Waals surface area contributed by atoms with Gasteiger partial charge in [0.2, 0.25) is 5.95 Å². The van der Waals surface area contributed by atoms with Crippen LogP contribution >= 0.6 is 0 Å². The predicted molar refractivity (Wildman–Crippen MR) is 112 cm³/mol. The number of hydrogen-bond donors (Lipinski definition) is 2. The number of fused-ring (bicyclic) bond motifs is 1. The first kappa shape index (κ1) is 16.6. The summed E-state index contributed by atoms with van der Waals surface area (Å²) in [6.07, 6.45) is 5.49. The number of piperazine rings is 1. The van der Waals surface area contributed by atoms with Gasteiger partial charge in [0.05, 0.1) is 16.8 Å². The van der Waals surface area contributed by atoms with Gasteiger partial charge in [-0.05, 0) is 24.3 Å². The van der Waals surface area contributed by atoms with Crippen molar-refractivity contribution in [3.63, 3.8) is 0 Å². The average Bonchev–Trinajstić information content (AvgIpc) is 3.19. The number of nitrogens with one attached hydrogen (secondary N) is 1. The summed E-state index contributed by atoms with van der Waals surface area (Å²) in [6.45, 7) is 3.86. The Kier molecular flexibility index (Phi) is 4.05. The van der Waals surface area contributed by atoms with Crippen LogP contribution in [0, 0.1) is 0 Å². The van der Waals surface area contributed by atoms with Crippen LogP contribution in [0.1, 0.15) is 0 Å². The van der Waals surface area contributed by atoms with Crippen LogP contribution in [0.15, 0.2) is 61.1 Å². The number of hydrogen-bond acceptors (Lipinski definition) is 6. The Morgan fingerprint density at radius 3 is 2.39 bits per heavy atom. The van der Waals surface area contributed by atoms with Crippen LogP contribution in [0.5, 0.6) is 0 Å². The van der Waals surface area contributed by atoms with Gasteiger partial charge in [0.1, 0.15) is 5.65 Å². The largest absolute Gasteiger partial charge is 0.368 e. The van der Waals surface area contributed by atoms with Crippen molar-refractivity contribution >= 4 is 28.4 Å². The molecule has 1 saturated heterocycles. The molecular weight excluding hydrogens is 350 g/mol. The van der Waals surface area contributed by atoms with E-state index in [2.05, 4.69) is 66.1 Å². The fourth-order valence-electron chi connectivity index (χ4n) is 3.87. The molecule has 4 aromatic rings. The SMILES string of the molecule is Nc1nccc(-c2c[nH]c3nccc(N4CCN(c5ccccc5)CC4)c23)n1. The number of aromatic amines is 1. The number of H-pyrrole nitrogens is 1. The maximum absolute atomic E-state index is 5.80. The Morgan fingerprint density at radius 2 is 1.61 bits per heavy atom. The zero-order valence-electron chi connectivity index (χ0n) is 15.4. The van der Waals surface area contributed by atoms with Gasteiger partial charge in [0, 0.05) is 56.0 Å². The van der Waals surface area contributed by atoms with Gasteiger partial charge in [-0.1, -0.05) is 18.2 Å². The van der Waals surface area contributed by atoms with E-state index in [9.17, 15) is 0 Å². The Labute approximate surface area is 162 Å². The van der Waals surface area contributed by atoms with Crippen molar-refractivity contribution < 1.29 is 0 Å². The highest BCUT2D eigenvalue weighted by Gasteiger charge is 2.21. The molecule has 7 heteroatoms. The molecule has 3 aromatic heterocycles. The van der Waals surface area contributed by atoms with Crippen molar-refractivity contribution in [2.75, 3.05) is 41.7 Å². The number of aromatic nitrogens is 4. The van der Waals surface area contributed by atoms with E-state index >= 15 is 0 Å². The zero-order chi connectivity index (χ0) is 18.9. The van der Waals surface area contributed by atoms with Gasteiger partial charge < -0.3 is 20.5 Å². The molecule has 1 aromatic carbocycles. The zero-order valence-corrected chi connectivity index (χ0v) is 15.4. The normalized spacial score (nSPS) is 14.6. The standard InChI is InChI=1S/C21H21N7/c22-21-24-8-6-17(26-21)16-14-25-20-19(16)18(7-9-23-20)28-12-10-27(11-13-28)15-4-2-1-3-5-15/h1-9,14H,10-13H2,(H,23,25)(H2,22,24,26). The molecule has 5 rings (SSSR count). The maximum Gasteiger partial charge on any atom is 0.220 e. The summed E-state index contributed by atoms with van der Waals surface area (Å²) >= 11 is 0. The summed E-state index contributed by atoms with van der Waals surface area (Å²) in [5.74, 6) is 0.272. The Morgan fingerprint density at radius 1 is 0.857 bits per heavy atom. The molecule has 1 fully saturated rings. The molecule has 0 bridgehead atoms. The lowest BCUT2D eigenvalue weighted by molar-refractivity contribution is 0.655. The van der Waals surface area contributed by atoms with Crippen molar-refractivity contribution in [2.24, 2.45) is 0 Å². The van der Waals surface area contributed by atoms with Gasteiger partial charge in [-0.2, -0.15) is 0 Å². The predicted octanol–water partition coefficient (Wildman–Crippen LogP) is 2.93. The van der Waals surface area contributed by atoms with E-state index in [1.54, 1.807) is 6.20 Å². The summed E-state index contributed by atoms with van der Waals surface area (Å²) in [4.78, 5) is 21.0. The van der Waals surface area contributed by atoms with Crippen molar-refractivity contribution in [1.29, 1.82) is 0 Å².